The number of aliphatic hydroxyl groups excluding tert-OH is 1. The molecule has 0 unspecified atom stereocenters. The molecule has 1 saturated heterocycles. The first-order valence-corrected chi connectivity index (χ1v) is 8.98. The first-order chi connectivity index (χ1) is 13.5. The highest BCUT2D eigenvalue weighted by atomic mass is 19.1. The Hall–Kier alpha value is -2.78. The average molecular weight is 392 g/mol. The monoisotopic (exact) mass is 392 g/mol. The van der Waals surface area contributed by atoms with Crippen LogP contribution in [-0.2, 0) is 20.7 Å². The van der Waals surface area contributed by atoms with Gasteiger partial charge in [-0.3, -0.25) is 19.1 Å². The third kappa shape index (κ3) is 4.73. The molecule has 3 atom stereocenters. The summed E-state index contributed by atoms with van der Waals surface area (Å²) in [5.41, 5.74) is -0.852. The van der Waals surface area contributed by atoms with Crippen molar-refractivity contribution in [3.05, 3.63) is 68.7 Å². The fourth-order valence-corrected chi connectivity index (χ4v) is 3.14. The summed E-state index contributed by atoms with van der Waals surface area (Å²) in [5, 5.41) is 9.47. The predicted octanol–water partition coefficient (Wildman–Crippen LogP) is 0.890. The summed E-state index contributed by atoms with van der Waals surface area (Å²) in [7, 11) is 0. The second-order valence-electron chi connectivity index (χ2n) is 6.56. The van der Waals surface area contributed by atoms with Crippen LogP contribution < -0.4 is 11.2 Å². The van der Waals surface area contributed by atoms with Gasteiger partial charge in [-0.2, -0.15) is 4.39 Å². The standard InChI is InChI=1S/C19H21FN2O6/c20-13-10-22(19(26)21-18(13)25)16-9-14(15(11-23)27-16)28-17(24)8-4-7-12-5-2-1-3-6-12/h1-3,5-6,10,14-16,23H,4,7-9,11H2,(H,21,25,26)/t14-,15+,16+/m0/s1. The van der Waals surface area contributed by atoms with Crippen LogP contribution >= 0.6 is 0 Å². The Morgan fingerprint density at radius 2 is 2.07 bits per heavy atom. The van der Waals surface area contributed by atoms with Crippen molar-refractivity contribution < 1.29 is 23.8 Å². The summed E-state index contributed by atoms with van der Waals surface area (Å²) in [6, 6.07) is 9.73. The van der Waals surface area contributed by atoms with Crippen LogP contribution in [0.25, 0.3) is 0 Å². The van der Waals surface area contributed by atoms with Gasteiger partial charge < -0.3 is 14.6 Å². The number of aliphatic hydroxyl groups is 1. The number of esters is 1. The van der Waals surface area contributed by atoms with Crippen LogP contribution in [0.1, 0.15) is 31.1 Å². The molecule has 2 N–H and O–H groups in total. The first kappa shape index (κ1) is 20.0. The molecule has 28 heavy (non-hydrogen) atoms. The van der Waals surface area contributed by atoms with Gasteiger partial charge in [-0.15, -0.1) is 0 Å². The van der Waals surface area contributed by atoms with Crippen LogP contribution in [0.5, 0.6) is 0 Å². The number of hydrogen-bond donors (Lipinski definition) is 2. The molecular weight excluding hydrogens is 371 g/mol. The Bertz CT molecular complexity index is 926. The molecule has 1 aromatic heterocycles. The molecule has 8 nitrogen and oxygen atoms in total. The van der Waals surface area contributed by atoms with Crippen molar-refractivity contribution in [1.29, 1.82) is 0 Å². The molecule has 0 aliphatic carbocycles. The molecule has 0 amide bonds. The smallest absolute Gasteiger partial charge is 0.330 e. The van der Waals surface area contributed by atoms with Crippen molar-refractivity contribution in [2.45, 2.75) is 44.1 Å². The zero-order valence-corrected chi connectivity index (χ0v) is 15.0. The zero-order chi connectivity index (χ0) is 20.1. The molecular formula is C19H21FN2O6. The quantitative estimate of drug-likeness (QED) is 0.677. The number of ether oxygens (including phenoxy) is 2. The number of aromatic nitrogens is 2. The van der Waals surface area contributed by atoms with Crippen molar-refractivity contribution in [2.75, 3.05) is 6.61 Å². The van der Waals surface area contributed by atoms with Gasteiger partial charge in [0.05, 0.1) is 12.8 Å². The largest absolute Gasteiger partial charge is 0.459 e. The number of nitrogens with one attached hydrogen (secondary N) is 1. The summed E-state index contributed by atoms with van der Waals surface area (Å²) in [6.07, 6.45) is -0.250. The number of rotatable bonds is 7. The molecule has 0 bridgehead atoms. The molecule has 0 spiro atoms. The van der Waals surface area contributed by atoms with Crippen molar-refractivity contribution in [2.24, 2.45) is 0 Å². The van der Waals surface area contributed by atoms with Crippen molar-refractivity contribution >= 4 is 5.97 Å². The topological polar surface area (TPSA) is 111 Å². The van der Waals surface area contributed by atoms with Crippen molar-refractivity contribution in [3.8, 4) is 0 Å². The second-order valence-corrected chi connectivity index (χ2v) is 6.56. The normalized spacial score (nSPS) is 21.6. The van der Waals surface area contributed by atoms with Gasteiger partial charge in [0.15, 0.2) is 0 Å². The number of H-pyrrole nitrogens is 1. The van der Waals surface area contributed by atoms with E-state index in [-0.39, 0.29) is 12.8 Å². The van der Waals surface area contributed by atoms with Gasteiger partial charge in [0, 0.05) is 12.8 Å². The Balaban J connectivity index is 1.58. The average Bonchev–Trinajstić information content (AvgIpc) is 3.08. The minimum absolute atomic E-state index is 0.0566. The fourth-order valence-electron chi connectivity index (χ4n) is 3.14. The van der Waals surface area contributed by atoms with E-state index in [2.05, 4.69) is 0 Å². The molecule has 1 aliphatic heterocycles. The van der Waals surface area contributed by atoms with Gasteiger partial charge in [-0.1, -0.05) is 30.3 Å². The van der Waals surface area contributed by atoms with Crippen LogP contribution in [0.15, 0.2) is 46.1 Å². The lowest BCUT2D eigenvalue weighted by molar-refractivity contribution is -0.153. The summed E-state index contributed by atoms with van der Waals surface area (Å²) in [5.74, 6) is -1.58. The molecule has 9 heteroatoms. The second kappa shape index (κ2) is 8.94. The lowest BCUT2D eigenvalue weighted by Crippen LogP contribution is -2.34. The Labute approximate surface area is 159 Å². The van der Waals surface area contributed by atoms with E-state index in [0.29, 0.717) is 6.42 Å². The van der Waals surface area contributed by atoms with E-state index in [9.17, 15) is 23.9 Å². The lowest BCUT2D eigenvalue weighted by atomic mass is 10.1. The lowest BCUT2D eigenvalue weighted by Gasteiger charge is -2.16. The molecule has 2 aromatic rings. The third-order valence-electron chi connectivity index (χ3n) is 4.57. The summed E-state index contributed by atoms with van der Waals surface area (Å²) in [4.78, 5) is 37.0. The van der Waals surface area contributed by atoms with Gasteiger partial charge in [-0.05, 0) is 18.4 Å². The van der Waals surface area contributed by atoms with Crippen LogP contribution in [-0.4, -0.2) is 39.4 Å². The molecule has 0 saturated carbocycles. The van der Waals surface area contributed by atoms with E-state index in [0.717, 1.165) is 22.7 Å². The van der Waals surface area contributed by atoms with E-state index >= 15 is 0 Å². The van der Waals surface area contributed by atoms with Crippen molar-refractivity contribution in [1.82, 2.24) is 9.55 Å². The Kier molecular flexibility index (Phi) is 6.37. The molecule has 1 fully saturated rings. The van der Waals surface area contributed by atoms with E-state index < -0.39 is 48.1 Å². The highest BCUT2D eigenvalue weighted by molar-refractivity contribution is 5.69. The van der Waals surface area contributed by atoms with Gasteiger partial charge in [0.25, 0.3) is 5.56 Å². The molecule has 150 valence electrons. The van der Waals surface area contributed by atoms with E-state index in [1.807, 2.05) is 35.3 Å². The molecule has 1 aromatic carbocycles. The highest BCUT2D eigenvalue weighted by Crippen LogP contribution is 2.30. The number of aryl methyl sites for hydroxylation is 1. The Morgan fingerprint density at radius 1 is 1.32 bits per heavy atom. The maximum absolute atomic E-state index is 13.5. The van der Waals surface area contributed by atoms with Crippen LogP contribution in [0.3, 0.4) is 0 Å². The van der Waals surface area contributed by atoms with Crippen LogP contribution in [0.2, 0.25) is 0 Å². The first-order valence-electron chi connectivity index (χ1n) is 8.98. The van der Waals surface area contributed by atoms with Gasteiger partial charge in [0.2, 0.25) is 5.82 Å². The SMILES string of the molecule is O=C(CCCc1ccccc1)O[C@H]1C[C@H](n2cc(F)c(=O)[nH]c2=O)O[C@@H]1CO. The maximum atomic E-state index is 13.5. The maximum Gasteiger partial charge on any atom is 0.330 e. The van der Waals surface area contributed by atoms with E-state index in [1.165, 1.54) is 0 Å². The zero-order valence-electron chi connectivity index (χ0n) is 15.0. The number of nitrogens with zero attached hydrogens (tertiary/aromatic N) is 1. The predicted molar refractivity (Wildman–Crippen MR) is 96.2 cm³/mol. The Morgan fingerprint density at radius 3 is 2.79 bits per heavy atom. The number of benzene rings is 1. The van der Waals surface area contributed by atoms with Gasteiger partial charge >= 0.3 is 11.7 Å². The molecule has 3 rings (SSSR count). The summed E-state index contributed by atoms with van der Waals surface area (Å²) < 4.78 is 25.3. The van der Waals surface area contributed by atoms with Crippen LogP contribution in [0.4, 0.5) is 4.39 Å². The van der Waals surface area contributed by atoms with Crippen molar-refractivity contribution in [3.63, 3.8) is 0 Å². The third-order valence-corrected chi connectivity index (χ3v) is 4.57. The summed E-state index contributed by atoms with van der Waals surface area (Å²) in [6.45, 7) is -0.431. The number of hydrogen-bond acceptors (Lipinski definition) is 6. The van der Waals surface area contributed by atoms with E-state index in [4.69, 9.17) is 9.47 Å². The van der Waals surface area contributed by atoms with Gasteiger partial charge in [-0.25, -0.2) is 4.79 Å². The van der Waals surface area contributed by atoms with E-state index in [1.54, 1.807) is 0 Å². The fraction of sp³-hybridized carbons (Fsp3) is 0.421. The minimum Gasteiger partial charge on any atom is -0.459 e. The number of carbonyl (C=O) groups is 1. The highest BCUT2D eigenvalue weighted by Gasteiger charge is 2.39. The minimum atomic E-state index is -1.13. The molecule has 0 radical (unpaired) electrons. The van der Waals surface area contributed by atoms with Gasteiger partial charge in [0.1, 0.15) is 18.4 Å². The summed E-state index contributed by atoms with van der Waals surface area (Å²) >= 11 is 0. The number of aromatic amines is 1. The molecule has 2 heterocycles. The van der Waals surface area contributed by atoms with Crippen LogP contribution in [0, 0.1) is 5.82 Å². The molecule has 1 aliphatic rings. The number of carbonyl (C=O) groups excluding carboxylic acids is 1. The number of halogens is 1.